The van der Waals surface area contributed by atoms with Crippen LogP contribution in [0.2, 0.25) is 0 Å². The molecule has 0 aliphatic heterocycles. The lowest BCUT2D eigenvalue weighted by Gasteiger charge is -2.06. The Labute approximate surface area is 112 Å². The summed E-state index contributed by atoms with van der Waals surface area (Å²) >= 11 is 3.42. The number of hydrogen-bond donors (Lipinski definition) is 1. The first kappa shape index (κ1) is 14.2. The van der Waals surface area contributed by atoms with Gasteiger partial charge in [0.1, 0.15) is 0 Å². The van der Waals surface area contributed by atoms with Gasteiger partial charge in [0.05, 0.1) is 0 Å². The van der Waals surface area contributed by atoms with Gasteiger partial charge < -0.3 is 5.32 Å². The molecule has 1 aromatic rings. The zero-order valence-corrected chi connectivity index (χ0v) is 12.1. The number of aryl methyl sites for hydroxylation is 1. The van der Waals surface area contributed by atoms with Crippen molar-refractivity contribution in [1.29, 1.82) is 0 Å². The number of halogens is 1. The van der Waals surface area contributed by atoms with Crippen LogP contribution in [0.1, 0.15) is 44.6 Å². The summed E-state index contributed by atoms with van der Waals surface area (Å²) in [6, 6.07) is 5.93. The van der Waals surface area contributed by atoms with Gasteiger partial charge in [0.2, 0.25) is 5.91 Å². The van der Waals surface area contributed by atoms with Crippen LogP contribution in [0.4, 0.5) is 5.69 Å². The number of carbonyl (C=O) groups is 1. The van der Waals surface area contributed by atoms with Gasteiger partial charge in [-0.05, 0) is 37.1 Å². The van der Waals surface area contributed by atoms with Gasteiger partial charge in [0.15, 0.2) is 0 Å². The summed E-state index contributed by atoms with van der Waals surface area (Å²) in [4.78, 5) is 11.7. The van der Waals surface area contributed by atoms with Crippen LogP contribution in [0.3, 0.4) is 0 Å². The monoisotopic (exact) mass is 297 g/mol. The summed E-state index contributed by atoms with van der Waals surface area (Å²) in [5.41, 5.74) is 2.01. The predicted molar refractivity (Wildman–Crippen MR) is 76.3 cm³/mol. The van der Waals surface area contributed by atoms with E-state index in [2.05, 4.69) is 28.2 Å². The number of nitrogens with one attached hydrogen (secondary N) is 1. The Morgan fingerprint density at radius 3 is 2.65 bits per heavy atom. The van der Waals surface area contributed by atoms with Crippen molar-refractivity contribution in [3.05, 3.63) is 28.2 Å². The largest absolute Gasteiger partial charge is 0.326 e. The Hall–Kier alpha value is -0.830. The van der Waals surface area contributed by atoms with Crippen LogP contribution in [-0.4, -0.2) is 5.91 Å². The van der Waals surface area contributed by atoms with Gasteiger partial charge >= 0.3 is 0 Å². The first-order valence-electron chi connectivity index (χ1n) is 6.19. The van der Waals surface area contributed by atoms with Crippen LogP contribution in [0, 0.1) is 6.92 Å². The lowest BCUT2D eigenvalue weighted by atomic mass is 10.1. The first-order valence-corrected chi connectivity index (χ1v) is 6.98. The van der Waals surface area contributed by atoms with E-state index in [1.807, 2.05) is 25.1 Å². The zero-order valence-electron chi connectivity index (χ0n) is 10.6. The second kappa shape index (κ2) is 7.49. The van der Waals surface area contributed by atoms with Crippen LogP contribution in [0.5, 0.6) is 0 Å². The van der Waals surface area contributed by atoms with E-state index in [0.717, 1.165) is 28.6 Å². The second-order valence-corrected chi connectivity index (χ2v) is 5.29. The molecule has 0 bridgehead atoms. The first-order chi connectivity index (χ1) is 8.11. The molecule has 1 aromatic carbocycles. The van der Waals surface area contributed by atoms with Gasteiger partial charge in [-0.1, -0.05) is 42.1 Å². The van der Waals surface area contributed by atoms with E-state index in [0.29, 0.717) is 6.42 Å². The molecule has 3 heteroatoms. The molecule has 0 saturated carbocycles. The number of rotatable bonds is 6. The van der Waals surface area contributed by atoms with E-state index in [-0.39, 0.29) is 5.91 Å². The predicted octanol–water partition coefficient (Wildman–Crippen LogP) is 4.67. The van der Waals surface area contributed by atoms with Crippen LogP contribution in [0.25, 0.3) is 0 Å². The SMILES string of the molecule is CCCCCCC(=O)Nc1cc(C)cc(Br)c1. The standard InChI is InChI=1S/C14H20BrNO/c1-3-4-5-6-7-14(17)16-13-9-11(2)8-12(15)10-13/h8-10H,3-7H2,1-2H3,(H,16,17). The number of unbranched alkanes of at least 4 members (excludes halogenated alkanes) is 3. The van der Waals surface area contributed by atoms with Gasteiger partial charge in [0.25, 0.3) is 0 Å². The average Bonchev–Trinajstić information content (AvgIpc) is 2.23. The van der Waals surface area contributed by atoms with Gasteiger partial charge in [0, 0.05) is 16.6 Å². The van der Waals surface area contributed by atoms with Crippen LogP contribution in [-0.2, 0) is 4.79 Å². The van der Waals surface area contributed by atoms with E-state index in [4.69, 9.17) is 0 Å². The molecule has 1 rings (SSSR count). The highest BCUT2D eigenvalue weighted by molar-refractivity contribution is 9.10. The number of anilines is 1. The number of hydrogen-bond acceptors (Lipinski definition) is 1. The summed E-state index contributed by atoms with van der Waals surface area (Å²) in [7, 11) is 0. The molecular weight excluding hydrogens is 278 g/mol. The molecule has 17 heavy (non-hydrogen) atoms. The molecule has 0 unspecified atom stereocenters. The Kier molecular flexibility index (Phi) is 6.27. The molecule has 0 atom stereocenters. The summed E-state index contributed by atoms with van der Waals surface area (Å²) < 4.78 is 0.999. The molecule has 0 fully saturated rings. The average molecular weight is 298 g/mol. The molecule has 1 N–H and O–H groups in total. The van der Waals surface area contributed by atoms with Gasteiger partial charge in [-0.3, -0.25) is 4.79 Å². The molecule has 94 valence electrons. The molecule has 2 nitrogen and oxygen atoms in total. The highest BCUT2D eigenvalue weighted by atomic mass is 79.9. The maximum atomic E-state index is 11.7. The Morgan fingerprint density at radius 1 is 1.24 bits per heavy atom. The van der Waals surface area contributed by atoms with Gasteiger partial charge in [-0.15, -0.1) is 0 Å². The fourth-order valence-corrected chi connectivity index (χ4v) is 2.35. The molecule has 0 spiro atoms. The van der Waals surface area contributed by atoms with E-state index in [9.17, 15) is 4.79 Å². The third-order valence-corrected chi connectivity index (χ3v) is 3.04. The minimum absolute atomic E-state index is 0.110. The van der Waals surface area contributed by atoms with Gasteiger partial charge in [-0.2, -0.15) is 0 Å². The van der Waals surface area contributed by atoms with Crippen LogP contribution in [0.15, 0.2) is 22.7 Å². The third-order valence-electron chi connectivity index (χ3n) is 2.58. The van der Waals surface area contributed by atoms with Crippen molar-refractivity contribution >= 4 is 27.5 Å². The van der Waals surface area contributed by atoms with Crippen molar-refractivity contribution in [2.45, 2.75) is 46.0 Å². The van der Waals surface area contributed by atoms with E-state index in [1.165, 1.54) is 12.8 Å². The Morgan fingerprint density at radius 2 is 2.00 bits per heavy atom. The fourth-order valence-electron chi connectivity index (χ4n) is 1.74. The van der Waals surface area contributed by atoms with Crippen molar-refractivity contribution < 1.29 is 4.79 Å². The molecule has 0 saturated heterocycles. The zero-order chi connectivity index (χ0) is 12.7. The summed E-state index contributed by atoms with van der Waals surface area (Å²) in [6.07, 6.45) is 5.15. The molecule has 0 heterocycles. The topological polar surface area (TPSA) is 29.1 Å². The normalized spacial score (nSPS) is 10.3. The van der Waals surface area contributed by atoms with Crippen molar-refractivity contribution in [3.8, 4) is 0 Å². The highest BCUT2D eigenvalue weighted by Crippen LogP contribution is 2.19. The summed E-state index contributed by atoms with van der Waals surface area (Å²) in [6.45, 7) is 4.19. The molecule has 0 radical (unpaired) electrons. The number of carbonyl (C=O) groups excluding carboxylic acids is 1. The molecule has 0 aliphatic rings. The molecule has 1 amide bonds. The fraction of sp³-hybridized carbons (Fsp3) is 0.500. The lowest BCUT2D eigenvalue weighted by Crippen LogP contribution is -2.11. The van der Waals surface area contributed by atoms with Crippen LogP contribution < -0.4 is 5.32 Å². The van der Waals surface area contributed by atoms with Crippen molar-refractivity contribution in [1.82, 2.24) is 0 Å². The Bertz CT molecular complexity index is 356. The molecule has 0 aromatic heterocycles. The van der Waals surface area contributed by atoms with Crippen LogP contribution >= 0.6 is 15.9 Å². The van der Waals surface area contributed by atoms with E-state index >= 15 is 0 Å². The maximum absolute atomic E-state index is 11.7. The second-order valence-electron chi connectivity index (χ2n) is 4.38. The van der Waals surface area contributed by atoms with Crippen molar-refractivity contribution in [2.75, 3.05) is 5.32 Å². The summed E-state index contributed by atoms with van der Waals surface area (Å²) in [5, 5.41) is 2.93. The maximum Gasteiger partial charge on any atom is 0.224 e. The third kappa shape index (κ3) is 5.87. The molecule has 0 aliphatic carbocycles. The molecular formula is C14H20BrNO. The van der Waals surface area contributed by atoms with E-state index < -0.39 is 0 Å². The number of benzene rings is 1. The van der Waals surface area contributed by atoms with Crippen molar-refractivity contribution in [3.63, 3.8) is 0 Å². The minimum atomic E-state index is 0.110. The smallest absolute Gasteiger partial charge is 0.224 e. The van der Waals surface area contributed by atoms with Gasteiger partial charge in [-0.25, -0.2) is 0 Å². The van der Waals surface area contributed by atoms with E-state index in [1.54, 1.807) is 0 Å². The highest BCUT2D eigenvalue weighted by Gasteiger charge is 2.03. The minimum Gasteiger partial charge on any atom is -0.326 e. The van der Waals surface area contributed by atoms with Crippen molar-refractivity contribution in [2.24, 2.45) is 0 Å². The quantitative estimate of drug-likeness (QED) is 0.760. The summed E-state index contributed by atoms with van der Waals surface area (Å²) in [5.74, 6) is 0.110. The Balaban J connectivity index is 2.39. The lowest BCUT2D eigenvalue weighted by molar-refractivity contribution is -0.116. The number of amides is 1.